The molecule has 0 bridgehead atoms. The smallest absolute Gasteiger partial charge is 0.127 e. The van der Waals surface area contributed by atoms with Crippen molar-refractivity contribution in [1.29, 1.82) is 0 Å². The monoisotopic (exact) mass is 278 g/mol. The van der Waals surface area contributed by atoms with Crippen molar-refractivity contribution in [2.45, 2.75) is 9.79 Å². The first-order valence-corrected chi connectivity index (χ1v) is 6.30. The van der Waals surface area contributed by atoms with Gasteiger partial charge in [-0.25, -0.2) is 0 Å². The van der Waals surface area contributed by atoms with Gasteiger partial charge >= 0.3 is 0 Å². The summed E-state index contributed by atoms with van der Waals surface area (Å²) in [5.74, 6) is 1.50. The zero-order valence-electron chi connectivity index (χ0n) is 10.2. The molecule has 0 fully saturated rings. The Labute approximate surface area is 118 Å². The molecule has 4 heteroatoms. The van der Waals surface area contributed by atoms with Gasteiger partial charge in [-0.2, -0.15) is 0 Å². The predicted octanol–water partition coefficient (Wildman–Crippen LogP) is 3.95. The van der Waals surface area contributed by atoms with E-state index in [9.17, 15) is 0 Å². The minimum Gasteiger partial charge on any atom is -0.496 e. The highest BCUT2D eigenvalue weighted by atomic mass is 32.1. The van der Waals surface area contributed by atoms with Gasteiger partial charge < -0.3 is 9.47 Å². The normalized spacial score (nSPS) is 10.2. The van der Waals surface area contributed by atoms with Crippen molar-refractivity contribution in [2.24, 2.45) is 0 Å². The van der Waals surface area contributed by atoms with Crippen LogP contribution in [0.15, 0.2) is 46.2 Å². The molecule has 0 aromatic heterocycles. The molecule has 2 nitrogen and oxygen atoms in total. The van der Waals surface area contributed by atoms with Crippen LogP contribution in [-0.4, -0.2) is 14.2 Å². The van der Waals surface area contributed by atoms with E-state index in [0.717, 1.165) is 32.4 Å². The number of hydrogen-bond donors (Lipinski definition) is 2. The second-order valence-corrected chi connectivity index (χ2v) is 4.67. The third kappa shape index (κ3) is 2.31. The molecule has 0 atom stereocenters. The number of benzene rings is 2. The Morgan fingerprint density at radius 1 is 0.722 bits per heavy atom. The van der Waals surface area contributed by atoms with Crippen molar-refractivity contribution >= 4 is 25.3 Å². The summed E-state index contributed by atoms with van der Waals surface area (Å²) in [4.78, 5) is 1.66. The van der Waals surface area contributed by atoms with Gasteiger partial charge in [0.1, 0.15) is 11.5 Å². The average Bonchev–Trinajstić information content (AvgIpc) is 2.38. The zero-order chi connectivity index (χ0) is 13.1. The van der Waals surface area contributed by atoms with E-state index in [2.05, 4.69) is 25.3 Å². The SMILES string of the molecule is COc1cccc(S)c1-c1c(S)cccc1OC. The molecule has 18 heavy (non-hydrogen) atoms. The Balaban J connectivity index is 2.76. The lowest BCUT2D eigenvalue weighted by Gasteiger charge is -2.16. The topological polar surface area (TPSA) is 18.5 Å². The molecule has 0 aliphatic heterocycles. The highest BCUT2D eigenvalue weighted by Gasteiger charge is 2.16. The molecule has 0 aliphatic rings. The maximum atomic E-state index is 5.40. The number of hydrogen-bond acceptors (Lipinski definition) is 4. The lowest BCUT2D eigenvalue weighted by molar-refractivity contribution is 0.409. The number of methoxy groups -OCH3 is 2. The van der Waals surface area contributed by atoms with E-state index >= 15 is 0 Å². The van der Waals surface area contributed by atoms with Crippen molar-refractivity contribution < 1.29 is 9.47 Å². The van der Waals surface area contributed by atoms with Crippen molar-refractivity contribution in [3.8, 4) is 22.6 Å². The molecule has 2 rings (SSSR count). The van der Waals surface area contributed by atoms with Gasteiger partial charge in [-0.3, -0.25) is 0 Å². The first-order chi connectivity index (χ1) is 8.69. The van der Waals surface area contributed by atoms with Crippen LogP contribution in [0.4, 0.5) is 0 Å². The van der Waals surface area contributed by atoms with Crippen LogP contribution in [0.25, 0.3) is 11.1 Å². The molecule has 0 amide bonds. The summed E-state index contributed by atoms with van der Waals surface area (Å²) in [7, 11) is 3.28. The molecule has 0 saturated heterocycles. The van der Waals surface area contributed by atoms with Crippen LogP contribution in [-0.2, 0) is 0 Å². The Hall–Kier alpha value is -1.26. The maximum Gasteiger partial charge on any atom is 0.127 e. The fourth-order valence-corrected chi connectivity index (χ4v) is 2.50. The highest BCUT2D eigenvalue weighted by Crippen LogP contribution is 2.43. The molecule has 0 saturated carbocycles. The van der Waals surface area contributed by atoms with E-state index in [0.29, 0.717) is 0 Å². The van der Waals surface area contributed by atoms with Gasteiger partial charge in [0.2, 0.25) is 0 Å². The zero-order valence-corrected chi connectivity index (χ0v) is 12.0. The van der Waals surface area contributed by atoms with Crippen molar-refractivity contribution in [3.05, 3.63) is 36.4 Å². The van der Waals surface area contributed by atoms with Gasteiger partial charge in [-0.1, -0.05) is 12.1 Å². The van der Waals surface area contributed by atoms with Crippen LogP contribution in [0.1, 0.15) is 0 Å². The molecule has 0 unspecified atom stereocenters. The molecule has 0 radical (unpaired) electrons. The van der Waals surface area contributed by atoms with Gasteiger partial charge in [0, 0.05) is 20.9 Å². The Morgan fingerprint density at radius 3 is 1.44 bits per heavy atom. The van der Waals surface area contributed by atoms with E-state index in [1.165, 1.54) is 0 Å². The molecule has 2 aromatic rings. The number of thiol groups is 2. The fraction of sp³-hybridized carbons (Fsp3) is 0.143. The summed E-state index contributed by atoms with van der Waals surface area (Å²) in [5.41, 5.74) is 1.79. The number of rotatable bonds is 3. The van der Waals surface area contributed by atoms with E-state index in [-0.39, 0.29) is 0 Å². The highest BCUT2D eigenvalue weighted by molar-refractivity contribution is 7.80. The molecular weight excluding hydrogens is 264 g/mol. The molecule has 0 N–H and O–H groups in total. The van der Waals surface area contributed by atoms with E-state index in [1.807, 2.05) is 36.4 Å². The number of ether oxygens (including phenoxy) is 2. The maximum absolute atomic E-state index is 5.40. The van der Waals surface area contributed by atoms with Crippen LogP contribution in [0, 0.1) is 0 Å². The van der Waals surface area contributed by atoms with E-state index in [4.69, 9.17) is 9.47 Å². The van der Waals surface area contributed by atoms with Gasteiger partial charge in [-0.05, 0) is 24.3 Å². The van der Waals surface area contributed by atoms with Crippen LogP contribution < -0.4 is 9.47 Å². The summed E-state index contributed by atoms with van der Waals surface area (Å²) in [6, 6.07) is 11.4. The fourth-order valence-electron chi connectivity index (χ4n) is 1.88. The van der Waals surface area contributed by atoms with Crippen LogP contribution in [0.5, 0.6) is 11.5 Å². The lowest BCUT2D eigenvalue weighted by atomic mass is 10.0. The molecule has 0 aliphatic carbocycles. The van der Waals surface area contributed by atoms with Crippen LogP contribution >= 0.6 is 25.3 Å². The molecular formula is C14H14O2S2. The quantitative estimate of drug-likeness (QED) is 0.828. The standard InChI is InChI=1S/C14H14O2S2/c1-15-9-5-3-7-11(17)13(9)14-10(16-2)6-4-8-12(14)18/h3-8,17-18H,1-2H3. The minimum absolute atomic E-state index is 0.752. The van der Waals surface area contributed by atoms with Gasteiger partial charge in [0.15, 0.2) is 0 Å². The molecule has 2 aromatic carbocycles. The van der Waals surface area contributed by atoms with Crippen molar-refractivity contribution in [3.63, 3.8) is 0 Å². The third-order valence-electron chi connectivity index (χ3n) is 2.70. The predicted molar refractivity (Wildman–Crippen MR) is 79.5 cm³/mol. The van der Waals surface area contributed by atoms with Gasteiger partial charge in [-0.15, -0.1) is 25.3 Å². The van der Waals surface area contributed by atoms with Gasteiger partial charge in [0.05, 0.1) is 14.2 Å². The summed E-state index contributed by atoms with van der Waals surface area (Å²) in [6.45, 7) is 0. The summed E-state index contributed by atoms with van der Waals surface area (Å²) in [6.07, 6.45) is 0. The first kappa shape index (κ1) is 13.2. The van der Waals surface area contributed by atoms with E-state index in [1.54, 1.807) is 14.2 Å². The Kier molecular flexibility index (Phi) is 4.09. The van der Waals surface area contributed by atoms with Crippen LogP contribution in [0.2, 0.25) is 0 Å². The van der Waals surface area contributed by atoms with Crippen LogP contribution in [0.3, 0.4) is 0 Å². The molecule has 0 spiro atoms. The second kappa shape index (κ2) is 5.59. The largest absolute Gasteiger partial charge is 0.496 e. The van der Waals surface area contributed by atoms with Gasteiger partial charge in [0.25, 0.3) is 0 Å². The second-order valence-electron chi connectivity index (χ2n) is 3.71. The average molecular weight is 278 g/mol. The van der Waals surface area contributed by atoms with Crippen molar-refractivity contribution in [2.75, 3.05) is 14.2 Å². The molecule has 0 heterocycles. The minimum atomic E-state index is 0.752. The summed E-state index contributed by atoms with van der Waals surface area (Å²) >= 11 is 8.99. The van der Waals surface area contributed by atoms with E-state index < -0.39 is 0 Å². The third-order valence-corrected chi connectivity index (χ3v) is 3.44. The Bertz CT molecular complexity index is 516. The summed E-state index contributed by atoms with van der Waals surface area (Å²) < 4.78 is 10.8. The van der Waals surface area contributed by atoms with Crippen molar-refractivity contribution in [1.82, 2.24) is 0 Å². The Morgan fingerprint density at radius 2 is 1.11 bits per heavy atom. The first-order valence-electron chi connectivity index (χ1n) is 5.41. The molecule has 94 valence electrons. The summed E-state index contributed by atoms with van der Waals surface area (Å²) in [5, 5.41) is 0. The lowest BCUT2D eigenvalue weighted by Crippen LogP contribution is -1.94.